The zero-order chi connectivity index (χ0) is 14.4. The molecule has 0 saturated heterocycles. The van der Waals surface area contributed by atoms with Crippen LogP contribution in [0.25, 0.3) is 0 Å². The highest BCUT2D eigenvalue weighted by Crippen LogP contribution is 2.18. The number of carbonyl (C=O) groups is 2. The number of ketones is 1. The number of para-hydroxylation sites is 2. The van der Waals surface area contributed by atoms with Crippen LogP contribution in [0.3, 0.4) is 0 Å². The first-order chi connectivity index (χ1) is 9.66. The molecule has 2 aromatic carbocycles. The molecule has 0 aromatic heterocycles. The molecule has 4 nitrogen and oxygen atoms in total. The summed E-state index contributed by atoms with van der Waals surface area (Å²) in [7, 11) is 0. The van der Waals surface area contributed by atoms with Crippen molar-refractivity contribution in [1.82, 2.24) is 0 Å². The first-order valence-electron chi connectivity index (χ1n) is 6.15. The Morgan fingerprint density at radius 2 is 1.60 bits per heavy atom. The van der Waals surface area contributed by atoms with E-state index in [9.17, 15) is 9.59 Å². The van der Waals surface area contributed by atoms with Crippen LogP contribution < -0.4 is 9.47 Å². The van der Waals surface area contributed by atoms with E-state index in [0.29, 0.717) is 11.3 Å². The highest BCUT2D eigenvalue weighted by Gasteiger charge is 2.12. The lowest BCUT2D eigenvalue weighted by Gasteiger charge is -2.08. The summed E-state index contributed by atoms with van der Waals surface area (Å²) in [5.74, 6) is 0.130. The van der Waals surface area contributed by atoms with Gasteiger partial charge >= 0.3 is 5.97 Å². The summed E-state index contributed by atoms with van der Waals surface area (Å²) in [4.78, 5) is 23.1. The fraction of sp³-hybridized carbons (Fsp3) is 0.125. The Kier molecular flexibility index (Phi) is 4.50. The predicted octanol–water partition coefficient (Wildman–Crippen LogP) is 2.87. The van der Waals surface area contributed by atoms with Crippen LogP contribution in [0.1, 0.15) is 17.3 Å². The lowest BCUT2D eigenvalue weighted by Crippen LogP contribution is -2.18. The predicted molar refractivity (Wildman–Crippen MR) is 74.0 cm³/mol. The maximum absolute atomic E-state index is 11.7. The molecule has 0 fully saturated rings. The summed E-state index contributed by atoms with van der Waals surface area (Å²) in [6, 6.07) is 15.6. The second kappa shape index (κ2) is 6.52. The second-order valence-electron chi connectivity index (χ2n) is 4.13. The average molecular weight is 270 g/mol. The fourth-order valence-electron chi connectivity index (χ4n) is 1.66. The van der Waals surface area contributed by atoms with Crippen LogP contribution in [0.4, 0.5) is 0 Å². The molecule has 0 unspecified atom stereocenters. The molecule has 2 rings (SSSR count). The molecule has 2 aromatic rings. The maximum Gasteiger partial charge on any atom is 0.349 e. The van der Waals surface area contributed by atoms with Gasteiger partial charge in [0.1, 0.15) is 11.5 Å². The highest BCUT2D eigenvalue weighted by molar-refractivity contribution is 5.97. The molecule has 0 saturated carbocycles. The van der Waals surface area contributed by atoms with Crippen LogP contribution in [0.5, 0.6) is 11.5 Å². The third kappa shape index (κ3) is 3.68. The van der Waals surface area contributed by atoms with E-state index < -0.39 is 5.97 Å². The summed E-state index contributed by atoms with van der Waals surface area (Å²) < 4.78 is 10.4. The maximum atomic E-state index is 11.7. The van der Waals surface area contributed by atoms with Crippen LogP contribution in [-0.4, -0.2) is 18.4 Å². The van der Waals surface area contributed by atoms with E-state index in [4.69, 9.17) is 9.47 Å². The summed E-state index contributed by atoms with van der Waals surface area (Å²) >= 11 is 0. The zero-order valence-electron chi connectivity index (χ0n) is 11.0. The minimum atomic E-state index is -0.553. The number of hydrogen-bond acceptors (Lipinski definition) is 4. The normalized spacial score (nSPS) is 9.85. The molecular formula is C16H14O4. The van der Waals surface area contributed by atoms with Crippen LogP contribution in [0, 0.1) is 0 Å². The first kappa shape index (κ1) is 13.8. The number of benzene rings is 2. The van der Waals surface area contributed by atoms with Crippen molar-refractivity contribution < 1.29 is 19.1 Å². The van der Waals surface area contributed by atoms with Gasteiger partial charge in [0.05, 0.1) is 5.56 Å². The topological polar surface area (TPSA) is 52.6 Å². The van der Waals surface area contributed by atoms with Gasteiger partial charge in [0, 0.05) is 0 Å². The number of carbonyl (C=O) groups excluding carboxylic acids is 2. The summed E-state index contributed by atoms with van der Waals surface area (Å²) in [5, 5.41) is 0. The second-order valence-corrected chi connectivity index (χ2v) is 4.13. The van der Waals surface area contributed by atoms with E-state index in [1.54, 1.807) is 36.4 Å². The van der Waals surface area contributed by atoms with E-state index in [0.717, 1.165) is 0 Å². The molecule has 102 valence electrons. The van der Waals surface area contributed by atoms with Crippen molar-refractivity contribution in [3.63, 3.8) is 0 Å². The van der Waals surface area contributed by atoms with Crippen molar-refractivity contribution in [2.24, 2.45) is 0 Å². The Balaban J connectivity index is 1.97. The molecule has 0 heterocycles. The molecule has 0 aliphatic rings. The van der Waals surface area contributed by atoms with E-state index in [2.05, 4.69) is 0 Å². The van der Waals surface area contributed by atoms with E-state index in [-0.39, 0.29) is 18.1 Å². The Labute approximate surface area is 116 Å². The summed E-state index contributed by atoms with van der Waals surface area (Å²) in [6.45, 7) is 1.21. The molecule has 0 aliphatic heterocycles. The Morgan fingerprint density at radius 3 is 2.30 bits per heavy atom. The van der Waals surface area contributed by atoms with Crippen molar-refractivity contribution in [2.75, 3.05) is 6.61 Å². The van der Waals surface area contributed by atoms with Crippen LogP contribution in [0.15, 0.2) is 54.6 Å². The van der Waals surface area contributed by atoms with Crippen molar-refractivity contribution >= 4 is 11.8 Å². The standard InChI is InChI=1S/C16H14O4/c1-12(17)14-9-5-6-10-15(14)20-16(18)11-19-13-7-3-2-4-8-13/h2-10H,11H2,1H3. The molecule has 0 amide bonds. The van der Waals surface area contributed by atoms with Crippen LogP contribution >= 0.6 is 0 Å². The van der Waals surface area contributed by atoms with Gasteiger partial charge < -0.3 is 9.47 Å². The number of esters is 1. The van der Waals surface area contributed by atoms with Gasteiger partial charge in [-0.25, -0.2) is 4.79 Å². The third-order valence-electron chi connectivity index (χ3n) is 2.59. The largest absolute Gasteiger partial charge is 0.482 e. The van der Waals surface area contributed by atoms with Gasteiger partial charge in [-0.3, -0.25) is 4.79 Å². The quantitative estimate of drug-likeness (QED) is 0.476. The van der Waals surface area contributed by atoms with Gasteiger partial charge in [0.15, 0.2) is 12.4 Å². The lowest BCUT2D eigenvalue weighted by atomic mass is 10.1. The smallest absolute Gasteiger partial charge is 0.349 e. The molecule has 0 radical (unpaired) electrons. The van der Waals surface area contributed by atoms with Gasteiger partial charge in [-0.15, -0.1) is 0 Å². The van der Waals surface area contributed by atoms with Crippen molar-refractivity contribution in [3.8, 4) is 11.5 Å². The Morgan fingerprint density at radius 1 is 0.950 bits per heavy atom. The Hall–Kier alpha value is -2.62. The van der Waals surface area contributed by atoms with Gasteiger partial charge in [0.25, 0.3) is 0 Å². The number of rotatable bonds is 5. The van der Waals surface area contributed by atoms with Crippen LogP contribution in [-0.2, 0) is 4.79 Å². The van der Waals surface area contributed by atoms with Gasteiger partial charge in [-0.2, -0.15) is 0 Å². The summed E-state index contributed by atoms with van der Waals surface area (Å²) in [5.41, 5.74) is 0.376. The van der Waals surface area contributed by atoms with Gasteiger partial charge in [-0.05, 0) is 31.2 Å². The van der Waals surface area contributed by atoms with E-state index >= 15 is 0 Å². The van der Waals surface area contributed by atoms with Crippen molar-refractivity contribution in [3.05, 3.63) is 60.2 Å². The Bertz CT molecular complexity index is 605. The van der Waals surface area contributed by atoms with Crippen LogP contribution in [0.2, 0.25) is 0 Å². The SMILES string of the molecule is CC(=O)c1ccccc1OC(=O)COc1ccccc1. The molecule has 0 aliphatic carbocycles. The number of Topliss-reactive ketones (excluding diaryl/α,β-unsaturated/α-hetero) is 1. The molecular weight excluding hydrogens is 256 g/mol. The minimum Gasteiger partial charge on any atom is -0.482 e. The number of hydrogen-bond donors (Lipinski definition) is 0. The molecule has 0 N–H and O–H groups in total. The molecule has 0 spiro atoms. The van der Waals surface area contributed by atoms with Gasteiger partial charge in [0.2, 0.25) is 0 Å². The highest BCUT2D eigenvalue weighted by atomic mass is 16.6. The fourth-order valence-corrected chi connectivity index (χ4v) is 1.66. The molecule has 0 bridgehead atoms. The minimum absolute atomic E-state index is 0.155. The van der Waals surface area contributed by atoms with E-state index in [1.807, 2.05) is 18.2 Å². The summed E-state index contributed by atoms with van der Waals surface area (Å²) in [6.07, 6.45) is 0. The van der Waals surface area contributed by atoms with Gasteiger partial charge in [-0.1, -0.05) is 30.3 Å². The third-order valence-corrected chi connectivity index (χ3v) is 2.59. The zero-order valence-corrected chi connectivity index (χ0v) is 11.0. The monoisotopic (exact) mass is 270 g/mol. The van der Waals surface area contributed by atoms with E-state index in [1.165, 1.54) is 6.92 Å². The first-order valence-corrected chi connectivity index (χ1v) is 6.15. The number of ether oxygens (including phenoxy) is 2. The average Bonchev–Trinajstić information content (AvgIpc) is 2.46. The molecule has 20 heavy (non-hydrogen) atoms. The lowest BCUT2D eigenvalue weighted by molar-refractivity contribution is -0.136. The van der Waals surface area contributed by atoms with Crippen molar-refractivity contribution in [2.45, 2.75) is 6.92 Å². The van der Waals surface area contributed by atoms with Crippen molar-refractivity contribution in [1.29, 1.82) is 0 Å². The molecule has 4 heteroatoms. The molecule has 0 atom stereocenters.